The average Bonchev–Trinajstić information content (AvgIpc) is 2.77. The summed E-state index contributed by atoms with van der Waals surface area (Å²) < 4.78 is 5.19. The van der Waals surface area contributed by atoms with E-state index >= 15 is 0 Å². The highest BCUT2D eigenvalue weighted by molar-refractivity contribution is 5.76. The van der Waals surface area contributed by atoms with Gasteiger partial charge in [-0.15, -0.1) is 0 Å². The van der Waals surface area contributed by atoms with Crippen LogP contribution in [-0.2, 0) is 9.53 Å². The van der Waals surface area contributed by atoms with E-state index in [1.165, 1.54) is 0 Å². The van der Waals surface area contributed by atoms with Gasteiger partial charge in [-0.2, -0.15) is 0 Å². The minimum atomic E-state index is -0.582. The summed E-state index contributed by atoms with van der Waals surface area (Å²) in [5, 5.41) is 12.4. The van der Waals surface area contributed by atoms with Crippen molar-refractivity contribution in [3.05, 3.63) is 42.0 Å². The molecule has 0 aromatic heterocycles. The molecule has 0 spiro atoms. The number of nitrogens with one attached hydrogen (secondary N) is 1. The molecule has 2 N–H and O–H groups in total. The number of aldehydes is 1. The normalized spacial score (nSPS) is 23.6. The van der Waals surface area contributed by atoms with Gasteiger partial charge in [0.05, 0.1) is 18.6 Å². The molecule has 5 heteroatoms. The highest BCUT2D eigenvalue weighted by atomic mass is 16.6. The Hall–Kier alpha value is -2.14. The van der Waals surface area contributed by atoms with Gasteiger partial charge in [-0.1, -0.05) is 6.08 Å². The summed E-state index contributed by atoms with van der Waals surface area (Å²) in [4.78, 5) is 22.0. The Bertz CT molecular complexity index is 507. The first-order valence-electron chi connectivity index (χ1n) is 6.46. The van der Waals surface area contributed by atoms with E-state index in [0.717, 1.165) is 12.0 Å². The van der Waals surface area contributed by atoms with Crippen molar-refractivity contribution in [2.24, 2.45) is 0 Å². The SMILES string of the molecule is C[C@@H](O)C=C[C@@H]1OC(=O)C[C@H]1Nc1ccc(C=O)cc1. The molecule has 0 bridgehead atoms. The predicted molar refractivity (Wildman–Crippen MR) is 74.6 cm³/mol. The van der Waals surface area contributed by atoms with Gasteiger partial charge in [0, 0.05) is 11.3 Å². The van der Waals surface area contributed by atoms with E-state index in [4.69, 9.17) is 4.74 Å². The van der Waals surface area contributed by atoms with Gasteiger partial charge in [0.2, 0.25) is 0 Å². The lowest BCUT2D eigenvalue weighted by molar-refractivity contribution is -0.140. The number of hydrogen-bond donors (Lipinski definition) is 2. The molecule has 1 saturated heterocycles. The van der Waals surface area contributed by atoms with E-state index in [2.05, 4.69) is 5.32 Å². The Balaban J connectivity index is 2.05. The van der Waals surface area contributed by atoms with Gasteiger partial charge in [-0.05, 0) is 37.3 Å². The first kappa shape index (κ1) is 14.3. The van der Waals surface area contributed by atoms with Gasteiger partial charge in [-0.25, -0.2) is 0 Å². The molecule has 1 aromatic carbocycles. The topological polar surface area (TPSA) is 75.6 Å². The molecule has 106 valence electrons. The number of anilines is 1. The lowest BCUT2D eigenvalue weighted by Gasteiger charge is -2.17. The molecule has 2 rings (SSSR count). The maximum atomic E-state index is 11.4. The summed E-state index contributed by atoms with van der Waals surface area (Å²) in [6.07, 6.45) is 3.34. The Labute approximate surface area is 117 Å². The molecular formula is C15H17NO4. The zero-order valence-corrected chi connectivity index (χ0v) is 11.2. The number of esters is 1. The molecule has 5 nitrogen and oxygen atoms in total. The first-order valence-corrected chi connectivity index (χ1v) is 6.46. The fraction of sp³-hybridized carbons (Fsp3) is 0.333. The summed E-state index contributed by atoms with van der Waals surface area (Å²) >= 11 is 0. The number of aliphatic hydroxyl groups is 1. The zero-order valence-electron chi connectivity index (χ0n) is 11.2. The highest BCUT2D eigenvalue weighted by Gasteiger charge is 2.32. The van der Waals surface area contributed by atoms with Crippen LogP contribution in [0.1, 0.15) is 23.7 Å². The number of carbonyl (C=O) groups excluding carboxylic acids is 2. The third kappa shape index (κ3) is 3.68. The van der Waals surface area contributed by atoms with Crippen LogP contribution in [0, 0.1) is 0 Å². The molecule has 0 aliphatic carbocycles. The molecule has 1 aromatic rings. The minimum Gasteiger partial charge on any atom is -0.456 e. The van der Waals surface area contributed by atoms with Gasteiger partial charge < -0.3 is 15.2 Å². The lowest BCUT2D eigenvalue weighted by Crippen LogP contribution is -2.27. The summed E-state index contributed by atoms with van der Waals surface area (Å²) in [7, 11) is 0. The molecule has 0 saturated carbocycles. The number of aliphatic hydroxyl groups excluding tert-OH is 1. The smallest absolute Gasteiger partial charge is 0.308 e. The second-order valence-electron chi connectivity index (χ2n) is 4.77. The van der Waals surface area contributed by atoms with Crippen LogP contribution in [0.25, 0.3) is 0 Å². The Morgan fingerprint density at radius 1 is 1.40 bits per heavy atom. The molecule has 1 aliphatic rings. The van der Waals surface area contributed by atoms with Crippen LogP contribution in [-0.4, -0.2) is 35.6 Å². The van der Waals surface area contributed by atoms with Gasteiger partial charge in [0.25, 0.3) is 0 Å². The fourth-order valence-electron chi connectivity index (χ4n) is 2.03. The van der Waals surface area contributed by atoms with Crippen LogP contribution in [0.4, 0.5) is 5.69 Å². The maximum Gasteiger partial charge on any atom is 0.308 e. The van der Waals surface area contributed by atoms with E-state index in [-0.39, 0.29) is 18.4 Å². The summed E-state index contributed by atoms with van der Waals surface area (Å²) in [6.45, 7) is 1.63. The van der Waals surface area contributed by atoms with Crippen molar-refractivity contribution in [1.29, 1.82) is 0 Å². The van der Waals surface area contributed by atoms with Crippen molar-refractivity contribution in [2.75, 3.05) is 5.32 Å². The molecule has 1 heterocycles. The van der Waals surface area contributed by atoms with E-state index in [1.54, 1.807) is 43.3 Å². The lowest BCUT2D eigenvalue weighted by atomic mass is 10.1. The van der Waals surface area contributed by atoms with Crippen LogP contribution >= 0.6 is 0 Å². The van der Waals surface area contributed by atoms with Crippen LogP contribution in [0.15, 0.2) is 36.4 Å². The number of benzene rings is 1. The Kier molecular flexibility index (Phi) is 4.53. The summed E-state index contributed by atoms with van der Waals surface area (Å²) in [5.41, 5.74) is 1.41. The van der Waals surface area contributed by atoms with Gasteiger partial charge in [0.15, 0.2) is 0 Å². The Morgan fingerprint density at radius 2 is 2.10 bits per heavy atom. The number of hydrogen-bond acceptors (Lipinski definition) is 5. The van der Waals surface area contributed by atoms with Crippen molar-refractivity contribution in [3.63, 3.8) is 0 Å². The van der Waals surface area contributed by atoms with Crippen LogP contribution in [0.2, 0.25) is 0 Å². The Morgan fingerprint density at radius 3 is 2.70 bits per heavy atom. The monoisotopic (exact) mass is 275 g/mol. The van der Waals surface area contributed by atoms with Crippen LogP contribution in [0.3, 0.4) is 0 Å². The van der Waals surface area contributed by atoms with Crippen LogP contribution < -0.4 is 5.32 Å². The molecule has 1 aliphatic heterocycles. The average molecular weight is 275 g/mol. The molecule has 3 atom stereocenters. The third-order valence-electron chi connectivity index (χ3n) is 3.03. The summed E-state index contributed by atoms with van der Waals surface area (Å²) in [6, 6.07) is 6.78. The molecular weight excluding hydrogens is 258 g/mol. The summed E-state index contributed by atoms with van der Waals surface area (Å²) in [5.74, 6) is -0.271. The largest absolute Gasteiger partial charge is 0.456 e. The number of ether oxygens (including phenoxy) is 1. The van der Waals surface area contributed by atoms with E-state index in [1.807, 2.05) is 0 Å². The van der Waals surface area contributed by atoms with Crippen molar-refractivity contribution < 1.29 is 19.4 Å². The molecule has 1 fully saturated rings. The third-order valence-corrected chi connectivity index (χ3v) is 3.03. The molecule has 0 amide bonds. The van der Waals surface area contributed by atoms with Gasteiger partial charge in [0.1, 0.15) is 12.4 Å². The fourth-order valence-corrected chi connectivity index (χ4v) is 2.03. The first-order chi connectivity index (χ1) is 9.58. The number of rotatable bonds is 5. The van der Waals surface area contributed by atoms with Crippen LogP contribution in [0.5, 0.6) is 0 Å². The second-order valence-corrected chi connectivity index (χ2v) is 4.77. The quantitative estimate of drug-likeness (QED) is 0.484. The van der Waals surface area contributed by atoms with E-state index < -0.39 is 12.2 Å². The van der Waals surface area contributed by atoms with E-state index in [0.29, 0.717) is 5.56 Å². The maximum absolute atomic E-state index is 11.4. The van der Waals surface area contributed by atoms with Crippen molar-refractivity contribution in [3.8, 4) is 0 Å². The standard InChI is InChI=1S/C15H17NO4/c1-10(18)2-7-14-13(8-15(19)20-14)16-12-5-3-11(9-17)4-6-12/h2-7,9-10,13-14,16,18H,8H2,1H3/t10-,13-,14+/m1/s1. The molecule has 0 unspecified atom stereocenters. The highest BCUT2D eigenvalue weighted by Crippen LogP contribution is 2.21. The number of carbonyl (C=O) groups is 2. The van der Waals surface area contributed by atoms with Gasteiger partial charge in [-0.3, -0.25) is 9.59 Å². The minimum absolute atomic E-state index is 0.181. The predicted octanol–water partition coefficient (Wildman–Crippen LogP) is 1.53. The second kappa shape index (κ2) is 6.34. The van der Waals surface area contributed by atoms with Crippen molar-refractivity contribution in [2.45, 2.75) is 31.6 Å². The van der Waals surface area contributed by atoms with Crippen molar-refractivity contribution >= 4 is 17.9 Å². The zero-order chi connectivity index (χ0) is 14.5. The molecule has 0 radical (unpaired) electrons. The van der Waals surface area contributed by atoms with Crippen molar-refractivity contribution in [1.82, 2.24) is 0 Å². The number of cyclic esters (lactones) is 1. The molecule has 20 heavy (non-hydrogen) atoms. The van der Waals surface area contributed by atoms with E-state index in [9.17, 15) is 14.7 Å². The van der Waals surface area contributed by atoms with Gasteiger partial charge >= 0.3 is 5.97 Å².